The number of halogens is 1. The van der Waals surface area contributed by atoms with Crippen molar-refractivity contribution in [1.29, 1.82) is 0 Å². The molecule has 1 aliphatic heterocycles. The monoisotopic (exact) mass is 311 g/mol. The second-order valence-electron chi connectivity index (χ2n) is 5.70. The second kappa shape index (κ2) is 6.32. The van der Waals surface area contributed by atoms with Gasteiger partial charge < -0.3 is 4.90 Å². The molecule has 0 spiro atoms. The average Bonchev–Trinajstić information content (AvgIpc) is 2.81. The van der Waals surface area contributed by atoms with E-state index in [4.69, 9.17) is 0 Å². The molecule has 118 valence electrons. The fourth-order valence-corrected chi connectivity index (χ4v) is 2.95. The third kappa shape index (κ3) is 2.77. The third-order valence-corrected chi connectivity index (χ3v) is 4.13. The van der Waals surface area contributed by atoms with Crippen molar-refractivity contribution in [3.8, 4) is 11.1 Å². The largest absolute Gasteiger partial charge is 0.304 e. The van der Waals surface area contributed by atoms with Gasteiger partial charge in [-0.2, -0.15) is 0 Å². The average molecular weight is 311 g/mol. The Morgan fingerprint density at radius 3 is 2.35 bits per heavy atom. The first-order valence-corrected chi connectivity index (χ1v) is 7.88. The summed E-state index contributed by atoms with van der Waals surface area (Å²) in [6, 6.07) is 11.4. The van der Waals surface area contributed by atoms with Crippen LogP contribution in [0.1, 0.15) is 36.5 Å². The number of carbonyl (C=O) groups excluding carboxylic acids is 2. The normalized spacial score (nSPS) is 13.6. The number of anilines is 1. The molecule has 3 nitrogen and oxygen atoms in total. The van der Waals surface area contributed by atoms with Gasteiger partial charge in [-0.05, 0) is 30.2 Å². The molecule has 0 radical (unpaired) electrons. The minimum atomic E-state index is -0.467. The van der Waals surface area contributed by atoms with Gasteiger partial charge >= 0.3 is 0 Å². The molecular weight excluding hydrogens is 293 g/mol. The van der Waals surface area contributed by atoms with E-state index in [-0.39, 0.29) is 5.82 Å². The summed E-state index contributed by atoms with van der Waals surface area (Å²) in [5.41, 5.74) is 2.68. The smallest absolute Gasteiger partial charge is 0.299 e. The van der Waals surface area contributed by atoms with Gasteiger partial charge in [-0.1, -0.05) is 44.0 Å². The van der Waals surface area contributed by atoms with Crippen molar-refractivity contribution in [1.82, 2.24) is 0 Å². The Bertz CT molecular complexity index is 752. The van der Waals surface area contributed by atoms with Crippen molar-refractivity contribution in [3.05, 3.63) is 53.8 Å². The maximum Gasteiger partial charge on any atom is 0.299 e. The van der Waals surface area contributed by atoms with E-state index < -0.39 is 11.7 Å². The number of amides is 1. The zero-order valence-corrected chi connectivity index (χ0v) is 13.0. The van der Waals surface area contributed by atoms with E-state index in [9.17, 15) is 14.0 Å². The van der Waals surface area contributed by atoms with Crippen LogP contribution in [0.2, 0.25) is 0 Å². The van der Waals surface area contributed by atoms with Gasteiger partial charge in [0.05, 0.1) is 11.3 Å². The second-order valence-corrected chi connectivity index (χ2v) is 5.70. The molecule has 0 bridgehead atoms. The van der Waals surface area contributed by atoms with Crippen molar-refractivity contribution >= 4 is 17.4 Å². The summed E-state index contributed by atoms with van der Waals surface area (Å²) in [7, 11) is 0. The van der Waals surface area contributed by atoms with Gasteiger partial charge in [0.25, 0.3) is 11.7 Å². The maximum atomic E-state index is 13.2. The van der Waals surface area contributed by atoms with Crippen molar-refractivity contribution in [2.45, 2.75) is 26.2 Å². The Hall–Kier alpha value is -2.49. The van der Waals surface area contributed by atoms with E-state index in [2.05, 4.69) is 6.92 Å². The Labute approximate surface area is 134 Å². The molecule has 0 saturated heterocycles. The molecular formula is C19H18FNO2. The van der Waals surface area contributed by atoms with Crippen LogP contribution in [0, 0.1) is 5.82 Å². The lowest BCUT2D eigenvalue weighted by Crippen LogP contribution is -2.30. The van der Waals surface area contributed by atoms with E-state index >= 15 is 0 Å². The summed E-state index contributed by atoms with van der Waals surface area (Å²) in [5.74, 6) is -1.24. The van der Waals surface area contributed by atoms with Crippen molar-refractivity contribution < 1.29 is 14.0 Å². The van der Waals surface area contributed by atoms with Crippen LogP contribution >= 0.6 is 0 Å². The van der Waals surface area contributed by atoms with Gasteiger partial charge in [-0.3, -0.25) is 9.59 Å². The Morgan fingerprint density at radius 1 is 0.957 bits per heavy atom. The van der Waals surface area contributed by atoms with E-state index in [1.54, 1.807) is 29.2 Å². The topological polar surface area (TPSA) is 37.4 Å². The first-order valence-electron chi connectivity index (χ1n) is 7.88. The van der Waals surface area contributed by atoms with Gasteiger partial charge in [0.15, 0.2) is 0 Å². The first-order chi connectivity index (χ1) is 11.1. The predicted octanol–water partition coefficient (Wildman–Crippen LogP) is 4.21. The number of carbonyl (C=O) groups is 2. The molecule has 1 amide bonds. The number of rotatable bonds is 5. The van der Waals surface area contributed by atoms with Crippen molar-refractivity contribution in [2.75, 3.05) is 11.4 Å². The number of ketones is 1. The Kier molecular flexibility index (Phi) is 4.24. The summed E-state index contributed by atoms with van der Waals surface area (Å²) in [5, 5.41) is 0. The van der Waals surface area contributed by atoms with Crippen LogP contribution in [0.5, 0.6) is 0 Å². The molecule has 23 heavy (non-hydrogen) atoms. The quantitative estimate of drug-likeness (QED) is 0.612. The molecule has 1 heterocycles. The van der Waals surface area contributed by atoms with E-state index in [1.165, 1.54) is 12.1 Å². The van der Waals surface area contributed by atoms with Crippen LogP contribution in [-0.2, 0) is 4.79 Å². The third-order valence-electron chi connectivity index (χ3n) is 4.13. The molecule has 0 aromatic heterocycles. The van der Waals surface area contributed by atoms with Gasteiger partial charge in [0.2, 0.25) is 0 Å². The highest BCUT2D eigenvalue weighted by molar-refractivity contribution is 6.53. The highest BCUT2D eigenvalue weighted by Gasteiger charge is 2.37. The summed E-state index contributed by atoms with van der Waals surface area (Å²) < 4.78 is 13.2. The molecule has 0 N–H and O–H groups in total. The minimum Gasteiger partial charge on any atom is -0.304 e. The van der Waals surface area contributed by atoms with E-state index in [1.807, 2.05) is 6.07 Å². The molecule has 3 rings (SSSR count). The summed E-state index contributed by atoms with van der Waals surface area (Å²) in [4.78, 5) is 26.1. The number of nitrogens with zero attached hydrogens (tertiary/aromatic N) is 1. The SMILES string of the molecule is CCCCCN1C(=O)C(=O)c2cccc(-c3ccc(F)cc3)c21. The van der Waals surface area contributed by atoms with Gasteiger partial charge in [0, 0.05) is 12.1 Å². The molecule has 0 aliphatic carbocycles. The molecule has 2 aromatic rings. The fourth-order valence-electron chi connectivity index (χ4n) is 2.95. The summed E-state index contributed by atoms with van der Waals surface area (Å²) in [6.45, 7) is 2.62. The number of Topliss-reactive ketones (excluding diaryl/α,β-unsaturated/α-hetero) is 1. The number of para-hydroxylation sites is 1. The van der Waals surface area contributed by atoms with Crippen LogP contribution in [0.3, 0.4) is 0 Å². The minimum absolute atomic E-state index is 0.312. The van der Waals surface area contributed by atoms with Crippen LogP contribution in [-0.4, -0.2) is 18.2 Å². The fraction of sp³-hybridized carbons (Fsp3) is 0.263. The number of fused-ring (bicyclic) bond motifs is 1. The lowest BCUT2D eigenvalue weighted by atomic mass is 10.00. The number of benzene rings is 2. The maximum absolute atomic E-state index is 13.2. The number of hydrogen-bond donors (Lipinski definition) is 0. The highest BCUT2D eigenvalue weighted by Crippen LogP contribution is 2.38. The molecule has 1 aliphatic rings. The molecule has 2 aromatic carbocycles. The molecule has 0 fully saturated rings. The lowest BCUT2D eigenvalue weighted by molar-refractivity contribution is -0.114. The van der Waals surface area contributed by atoms with Crippen LogP contribution in [0.4, 0.5) is 10.1 Å². The first kappa shape index (κ1) is 15.4. The van der Waals surface area contributed by atoms with Gasteiger partial charge in [-0.15, -0.1) is 0 Å². The van der Waals surface area contributed by atoms with Crippen molar-refractivity contribution in [2.24, 2.45) is 0 Å². The van der Waals surface area contributed by atoms with Gasteiger partial charge in [0.1, 0.15) is 5.82 Å². The highest BCUT2D eigenvalue weighted by atomic mass is 19.1. The number of unbranched alkanes of at least 4 members (excludes halogenated alkanes) is 2. The zero-order valence-electron chi connectivity index (χ0n) is 13.0. The zero-order chi connectivity index (χ0) is 16.4. The van der Waals surface area contributed by atoms with Gasteiger partial charge in [-0.25, -0.2) is 4.39 Å². The molecule has 4 heteroatoms. The summed E-state index contributed by atoms with van der Waals surface area (Å²) in [6.07, 6.45) is 2.90. The van der Waals surface area contributed by atoms with Crippen LogP contribution < -0.4 is 4.90 Å². The van der Waals surface area contributed by atoms with E-state index in [0.717, 1.165) is 30.4 Å². The lowest BCUT2D eigenvalue weighted by Gasteiger charge is -2.19. The van der Waals surface area contributed by atoms with Crippen molar-refractivity contribution in [3.63, 3.8) is 0 Å². The summed E-state index contributed by atoms with van der Waals surface area (Å²) >= 11 is 0. The van der Waals surface area contributed by atoms with E-state index in [0.29, 0.717) is 17.8 Å². The molecule has 0 saturated carbocycles. The Morgan fingerprint density at radius 2 is 1.65 bits per heavy atom. The van der Waals surface area contributed by atoms with Crippen LogP contribution in [0.25, 0.3) is 11.1 Å². The predicted molar refractivity (Wildman–Crippen MR) is 88.0 cm³/mol. The molecule has 0 unspecified atom stereocenters. The molecule has 0 atom stereocenters. The Balaban J connectivity index is 2.06. The standard InChI is InChI=1S/C19H18FNO2/c1-2-3-4-12-21-17-15(13-8-10-14(20)11-9-13)6-5-7-16(17)18(22)19(21)23/h5-11H,2-4,12H2,1H3. The number of hydrogen-bond acceptors (Lipinski definition) is 2. The van der Waals surface area contributed by atoms with Crippen LogP contribution in [0.15, 0.2) is 42.5 Å².